The monoisotopic (exact) mass is 345 g/mol. The number of nitrogens with zero attached hydrogens (tertiary/aromatic N) is 2. The summed E-state index contributed by atoms with van der Waals surface area (Å²) in [5.41, 5.74) is 1.93. The normalized spacial score (nSPS) is 19.3. The van der Waals surface area contributed by atoms with Gasteiger partial charge in [-0.25, -0.2) is 0 Å². The second kappa shape index (κ2) is 8.99. The molecule has 0 aliphatic carbocycles. The molecule has 0 radical (unpaired) electrons. The Morgan fingerprint density at radius 3 is 2.76 bits per heavy atom. The predicted molar refractivity (Wildman–Crippen MR) is 102 cm³/mol. The van der Waals surface area contributed by atoms with Crippen LogP contribution < -0.4 is 5.32 Å². The first-order valence-corrected chi connectivity index (χ1v) is 9.29. The largest absolute Gasteiger partial charge is 0.335 e. The first kappa shape index (κ1) is 19.4. The van der Waals surface area contributed by atoms with E-state index in [4.69, 9.17) is 0 Å². The Kier molecular flexibility index (Phi) is 7.00. The van der Waals surface area contributed by atoms with Crippen LogP contribution in [0.2, 0.25) is 0 Å². The fourth-order valence-electron chi connectivity index (χ4n) is 3.49. The summed E-state index contributed by atoms with van der Waals surface area (Å²) >= 11 is 0. The molecule has 0 bridgehead atoms. The molecule has 5 nitrogen and oxygen atoms in total. The lowest BCUT2D eigenvalue weighted by Gasteiger charge is -2.36. The van der Waals surface area contributed by atoms with Crippen LogP contribution in [0.4, 0.5) is 5.69 Å². The van der Waals surface area contributed by atoms with E-state index in [1.165, 1.54) is 11.3 Å². The number of benzene rings is 1. The van der Waals surface area contributed by atoms with Crippen molar-refractivity contribution < 1.29 is 9.59 Å². The molecule has 1 heterocycles. The van der Waals surface area contributed by atoms with Gasteiger partial charge in [-0.3, -0.25) is 14.5 Å². The van der Waals surface area contributed by atoms with Gasteiger partial charge >= 0.3 is 0 Å². The van der Waals surface area contributed by atoms with Gasteiger partial charge in [0, 0.05) is 19.3 Å². The molecule has 0 unspecified atom stereocenters. The summed E-state index contributed by atoms with van der Waals surface area (Å²) in [7, 11) is 1.71. The van der Waals surface area contributed by atoms with Crippen molar-refractivity contribution in [3.8, 4) is 0 Å². The number of anilines is 1. The third kappa shape index (κ3) is 5.30. The van der Waals surface area contributed by atoms with Gasteiger partial charge < -0.3 is 10.2 Å². The molecule has 2 atom stereocenters. The van der Waals surface area contributed by atoms with E-state index < -0.39 is 0 Å². The molecule has 1 saturated heterocycles. The van der Waals surface area contributed by atoms with E-state index >= 15 is 0 Å². The minimum atomic E-state index is -0.177. The highest BCUT2D eigenvalue weighted by atomic mass is 16.2. The number of likely N-dealkylation sites (tertiary alicyclic amines) is 1. The van der Waals surface area contributed by atoms with Crippen molar-refractivity contribution in [1.82, 2.24) is 9.80 Å². The van der Waals surface area contributed by atoms with E-state index in [-0.39, 0.29) is 24.4 Å². The molecule has 138 valence electrons. The molecule has 1 aliphatic heterocycles. The number of piperidine rings is 1. The molecule has 5 heteroatoms. The first-order chi connectivity index (χ1) is 11.9. The molecule has 1 N–H and O–H groups in total. The Balaban J connectivity index is 1.90. The first-order valence-electron chi connectivity index (χ1n) is 9.29. The lowest BCUT2D eigenvalue weighted by atomic mass is 9.99. The maximum Gasteiger partial charge on any atom is 0.243 e. The highest BCUT2D eigenvalue weighted by Crippen LogP contribution is 2.19. The van der Waals surface area contributed by atoms with Gasteiger partial charge in [0.15, 0.2) is 0 Å². The van der Waals surface area contributed by atoms with Crippen LogP contribution >= 0.6 is 0 Å². The summed E-state index contributed by atoms with van der Waals surface area (Å²) in [4.78, 5) is 28.8. The van der Waals surface area contributed by atoms with E-state index in [0.717, 1.165) is 37.2 Å². The Hall–Kier alpha value is -1.88. The third-order valence-electron chi connectivity index (χ3n) is 5.02. The molecule has 1 fully saturated rings. The number of hydrogen-bond donors (Lipinski definition) is 1. The van der Waals surface area contributed by atoms with Crippen molar-refractivity contribution >= 4 is 17.5 Å². The molecular weight excluding hydrogens is 314 g/mol. The molecular formula is C20H31N3O2. The van der Waals surface area contributed by atoms with E-state index in [1.54, 1.807) is 7.05 Å². The fraction of sp³-hybridized carbons (Fsp3) is 0.600. The van der Waals surface area contributed by atoms with Crippen LogP contribution in [0.1, 0.15) is 39.2 Å². The number of rotatable bonds is 6. The van der Waals surface area contributed by atoms with Gasteiger partial charge in [0.1, 0.15) is 0 Å². The van der Waals surface area contributed by atoms with Gasteiger partial charge in [0.25, 0.3) is 0 Å². The number of carbonyl (C=O) groups is 2. The van der Waals surface area contributed by atoms with Gasteiger partial charge in [-0.2, -0.15) is 0 Å². The molecule has 1 aliphatic rings. The van der Waals surface area contributed by atoms with Gasteiger partial charge in [-0.1, -0.05) is 32.0 Å². The maximum absolute atomic E-state index is 12.7. The van der Waals surface area contributed by atoms with Crippen molar-refractivity contribution in [2.45, 2.75) is 46.1 Å². The van der Waals surface area contributed by atoms with Crippen molar-refractivity contribution in [3.05, 3.63) is 29.8 Å². The molecule has 2 amide bonds. The van der Waals surface area contributed by atoms with Crippen molar-refractivity contribution in [3.63, 3.8) is 0 Å². The topological polar surface area (TPSA) is 52.7 Å². The zero-order chi connectivity index (χ0) is 18.4. The SMILES string of the molecule is CCc1ccccc1NC(=O)CN(C)C(=O)[C@H](C)N1CCC[C@@H](C)C1. The van der Waals surface area contributed by atoms with Crippen LogP contribution in [0.5, 0.6) is 0 Å². The van der Waals surface area contributed by atoms with Gasteiger partial charge in [0.05, 0.1) is 12.6 Å². The van der Waals surface area contributed by atoms with Crippen molar-refractivity contribution in [1.29, 1.82) is 0 Å². The average molecular weight is 345 g/mol. The molecule has 1 aromatic carbocycles. The lowest BCUT2D eigenvalue weighted by Crippen LogP contribution is -2.50. The number of amides is 2. The standard InChI is InChI=1S/C20H31N3O2/c1-5-17-10-6-7-11-18(17)21-19(24)14-22(4)20(25)16(3)23-12-8-9-15(2)13-23/h6-7,10-11,15-16H,5,8-9,12-14H2,1-4H3,(H,21,24)/t15-,16+/m1/s1. The number of carbonyl (C=O) groups excluding carboxylic acids is 2. The minimum absolute atomic E-state index is 0.00743. The summed E-state index contributed by atoms with van der Waals surface area (Å²) in [6, 6.07) is 7.60. The van der Waals surface area contributed by atoms with E-state index in [9.17, 15) is 9.59 Å². The Labute approximate surface area is 151 Å². The zero-order valence-corrected chi connectivity index (χ0v) is 15.9. The second-order valence-corrected chi connectivity index (χ2v) is 7.17. The fourth-order valence-corrected chi connectivity index (χ4v) is 3.49. The third-order valence-corrected chi connectivity index (χ3v) is 5.02. The van der Waals surface area contributed by atoms with Crippen molar-refractivity contribution in [2.24, 2.45) is 5.92 Å². The van der Waals surface area contributed by atoms with E-state index in [1.807, 2.05) is 31.2 Å². The molecule has 0 saturated carbocycles. The Morgan fingerprint density at radius 2 is 2.08 bits per heavy atom. The molecule has 0 aromatic heterocycles. The van der Waals surface area contributed by atoms with Crippen molar-refractivity contribution in [2.75, 3.05) is 32.0 Å². The number of likely N-dealkylation sites (N-methyl/N-ethyl adjacent to an activating group) is 1. The van der Waals surface area contributed by atoms with E-state index in [2.05, 4.69) is 24.1 Å². The summed E-state index contributed by atoms with van der Waals surface area (Å²) < 4.78 is 0. The minimum Gasteiger partial charge on any atom is -0.335 e. The van der Waals surface area contributed by atoms with Gasteiger partial charge in [0.2, 0.25) is 11.8 Å². The Bertz CT molecular complexity index is 602. The van der Waals surface area contributed by atoms with Crippen LogP contribution in [-0.4, -0.2) is 54.3 Å². The van der Waals surface area contributed by atoms with Gasteiger partial charge in [-0.15, -0.1) is 0 Å². The number of nitrogens with one attached hydrogen (secondary N) is 1. The number of aryl methyl sites for hydroxylation is 1. The van der Waals surface area contributed by atoms with Gasteiger partial charge in [-0.05, 0) is 50.3 Å². The lowest BCUT2D eigenvalue weighted by molar-refractivity contribution is -0.138. The highest BCUT2D eigenvalue weighted by Gasteiger charge is 2.28. The smallest absolute Gasteiger partial charge is 0.243 e. The molecule has 2 rings (SSSR count). The van der Waals surface area contributed by atoms with Crippen LogP contribution in [0, 0.1) is 5.92 Å². The summed E-state index contributed by atoms with van der Waals surface area (Å²) in [5.74, 6) is 0.479. The number of para-hydroxylation sites is 1. The summed E-state index contributed by atoms with van der Waals surface area (Å²) in [6.45, 7) is 8.22. The van der Waals surface area contributed by atoms with Crippen LogP contribution in [-0.2, 0) is 16.0 Å². The van der Waals surface area contributed by atoms with Crippen LogP contribution in [0.3, 0.4) is 0 Å². The molecule has 0 spiro atoms. The zero-order valence-electron chi connectivity index (χ0n) is 15.9. The summed E-state index contributed by atoms with van der Waals surface area (Å²) in [5, 5.41) is 2.93. The maximum atomic E-state index is 12.7. The van der Waals surface area contributed by atoms with Crippen LogP contribution in [0.25, 0.3) is 0 Å². The second-order valence-electron chi connectivity index (χ2n) is 7.17. The molecule has 25 heavy (non-hydrogen) atoms. The van der Waals surface area contributed by atoms with Crippen LogP contribution in [0.15, 0.2) is 24.3 Å². The summed E-state index contributed by atoms with van der Waals surface area (Å²) in [6.07, 6.45) is 3.22. The molecule has 1 aromatic rings. The Morgan fingerprint density at radius 1 is 1.36 bits per heavy atom. The van der Waals surface area contributed by atoms with E-state index in [0.29, 0.717) is 5.92 Å². The predicted octanol–water partition coefficient (Wildman–Crippen LogP) is 2.77. The quantitative estimate of drug-likeness (QED) is 0.862. The number of hydrogen-bond acceptors (Lipinski definition) is 3. The highest BCUT2D eigenvalue weighted by molar-refractivity contribution is 5.95. The average Bonchev–Trinajstić information content (AvgIpc) is 2.60.